The van der Waals surface area contributed by atoms with E-state index >= 15 is 0 Å². The Morgan fingerprint density at radius 1 is 1.38 bits per heavy atom. The zero-order chi connectivity index (χ0) is 18.9. The highest BCUT2D eigenvalue weighted by Gasteiger charge is 2.33. The zero-order valence-electron chi connectivity index (χ0n) is 14.2. The number of hydrogen-bond donors (Lipinski definition) is 3. The molecule has 3 N–H and O–H groups in total. The molecule has 1 heterocycles. The van der Waals surface area contributed by atoms with Crippen molar-refractivity contribution in [3.05, 3.63) is 35.9 Å². The predicted octanol–water partition coefficient (Wildman–Crippen LogP) is 1.37. The number of benzene rings is 1. The molecule has 2 atom stereocenters. The van der Waals surface area contributed by atoms with E-state index in [9.17, 15) is 14.4 Å². The maximum absolute atomic E-state index is 12.0. The van der Waals surface area contributed by atoms with Crippen molar-refractivity contribution in [2.45, 2.75) is 37.5 Å². The number of aliphatic carboxylic acids is 1. The third-order valence-corrected chi connectivity index (χ3v) is 4.59. The van der Waals surface area contributed by atoms with E-state index in [-0.39, 0.29) is 12.3 Å². The van der Waals surface area contributed by atoms with E-state index in [1.807, 2.05) is 37.3 Å². The van der Waals surface area contributed by atoms with Crippen LogP contribution in [0.3, 0.4) is 0 Å². The first-order valence-corrected chi connectivity index (χ1v) is 9.03. The minimum absolute atomic E-state index is 0.120. The molecule has 2 rings (SSSR count). The van der Waals surface area contributed by atoms with Crippen LogP contribution in [0.4, 0.5) is 0 Å². The summed E-state index contributed by atoms with van der Waals surface area (Å²) in [5.41, 5.74) is 0.873. The van der Waals surface area contributed by atoms with Gasteiger partial charge in [0.2, 0.25) is 11.8 Å². The molecule has 8 nitrogen and oxygen atoms in total. The summed E-state index contributed by atoms with van der Waals surface area (Å²) in [5.74, 6) is -1.91. The van der Waals surface area contributed by atoms with Crippen LogP contribution in [0.15, 0.2) is 40.5 Å². The smallest absolute Gasteiger partial charge is 0.326 e. The molecule has 1 aromatic rings. The first-order chi connectivity index (χ1) is 12.5. The SMILES string of the molecule is CCC[C@@H](NC(=O)C[C@@H]1S/C(=N\N=C/c2ccccc2)NC1=O)C(=O)O. The third-order valence-electron chi connectivity index (χ3n) is 3.51. The largest absolute Gasteiger partial charge is 0.480 e. The van der Waals surface area contributed by atoms with Crippen molar-refractivity contribution in [1.29, 1.82) is 0 Å². The lowest BCUT2D eigenvalue weighted by Crippen LogP contribution is -2.42. The molecule has 0 aromatic heterocycles. The van der Waals surface area contributed by atoms with Crippen molar-refractivity contribution in [3.63, 3.8) is 0 Å². The minimum atomic E-state index is -1.08. The number of hydrogen-bond acceptors (Lipinski definition) is 6. The summed E-state index contributed by atoms with van der Waals surface area (Å²) in [6, 6.07) is 8.43. The van der Waals surface area contributed by atoms with Gasteiger partial charge in [0.1, 0.15) is 11.3 Å². The number of carboxylic acids is 1. The third kappa shape index (κ3) is 5.99. The molecule has 0 unspecified atom stereocenters. The number of nitrogens with one attached hydrogen (secondary N) is 2. The predicted molar refractivity (Wildman–Crippen MR) is 100 cm³/mol. The van der Waals surface area contributed by atoms with Gasteiger partial charge in [-0.1, -0.05) is 55.4 Å². The van der Waals surface area contributed by atoms with E-state index in [1.54, 1.807) is 6.21 Å². The Morgan fingerprint density at radius 3 is 2.77 bits per heavy atom. The van der Waals surface area contributed by atoms with Crippen LogP contribution in [0.2, 0.25) is 0 Å². The van der Waals surface area contributed by atoms with E-state index in [0.29, 0.717) is 18.0 Å². The van der Waals surface area contributed by atoms with Gasteiger partial charge in [-0.25, -0.2) is 4.79 Å². The quantitative estimate of drug-likeness (QED) is 0.467. The zero-order valence-corrected chi connectivity index (χ0v) is 15.0. The summed E-state index contributed by atoms with van der Waals surface area (Å²) < 4.78 is 0. The molecule has 2 amide bonds. The lowest BCUT2D eigenvalue weighted by atomic mass is 10.1. The molecular formula is C17H20N4O4S. The second-order valence-electron chi connectivity index (χ2n) is 5.61. The molecule has 0 spiro atoms. The van der Waals surface area contributed by atoms with Gasteiger partial charge >= 0.3 is 5.97 Å². The maximum atomic E-state index is 12.0. The molecule has 1 aliphatic heterocycles. The molecule has 0 bridgehead atoms. The first-order valence-electron chi connectivity index (χ1n) is 8.15. The fourth-order valence-corrected chi connectivity index (χ4v) is 3.17. The van der Waals surface area contributed by atoms with Crippen molar-refractivity contribution >= 4 is 40.9 Å². The van der Waals surface area contributed by atoms with Crippen LogP contribution in [0, 0.1) is 0 Å². The summed E-state index contributed by atoms with van der Waals surface area (Å²) in [4.78, 5) is 35.0. The average Bonchev–Trinajstić information content (AvgIpc) is 2.95. The van der Waals surface area contributed by atoms with Crippen molar-refractivity contribution < 1.29 is 19.5 Å². The van der Waals surface area contributed by atoms with Crippen LogP contribution in [0.1, 0.15) is 31.7 Å². The van der Waals surface area contributed by atoms with E-state index < -0.39 is 23.2 Å². The molecule has 138 valence electrons. The summed E-state index contributed by atoms with van der Waals surface area (Å²) in [6.07, 6.45) is 2.41. The van der Waals surface area contributed by atoms with Gasteiger partial charge in [-0.3, -0.25) is 9.59 Å². The number of carbonyl (C=O) groups excluding carboxylic acids is 2. The van der Waals surface area contributed by atoms with Gasteiger partial charge in [-0.05, 0) is 12.0 Å². The van der Waals surface area contributed by atoms with Crippen LogP contribution >= 0.6 is 11.8 Å². The lowest BCUT2D eigenvalue weighted by Gasteiger charge is -2.14. The van der Waals surface area contributed by atoms with Crippen LogP contribution in [0.5, 0.6) is 0 Å². The summed E-state index contributed by atoms with van der Waals surface area (Å²) in [7, 11) is 0. The molecule has 26 heavy (non-hydrogen) atoms. The number of carboxylic acid groups (broad SMARTS) is 1. The van der Waals surface area contributed by atoms with E-state index in [0.717, 1.165) is 17.3 Å². The molecule has 0 saturated carbocycles. The van der Waals surface area contributed by atoms with E-state index in [4.69, 9.17) is 5.11 Å². The Kier molecular flexibility index (Phi) is 7.34. The van der Waals surface area contributed by atoms with E-state index in [2.05, 4.69) is 20.8 Å². The number of nitrogens with zero attached hydrogens (tertiary/aromatic N) is 2. The van der Waals surface area contributed by atoms with Crippen LogP contribution in [-0.4, -0.2) is 45.6 Å². The standard InChI is InChI=1S/C17H20N4O4S/c1-2-6-12(16(24)25)19-14(22)9-13-15(23)20-17(26-13)21-18-10-11-7-4-3-5-8-11/h3-5,7-8,10,12-13H,2,6,9H2,1H3,(H,19,22)(H,24,25)(H,20,21,23)/b18-10-/t12-,13+/m1/s1. The normalized spacial score (nSPS) is 19.5. The van der Waals surface area contributed by atoms with E-state index in [1.165, 1.54) is 0 Å². The monoisotopic (exact) mass is 376 g/mol. The Hall–Kier alpha value is -2.68. The Morgan fingerprint density at radius 2 is 2.12 bits per heavy atom. The molecule has 1 saturated heterocycles. The fraction of sp³-hybridized carbons (Fsp3) is 0.353. The molecule has 9 heteroatoms. The number of amidine groups is 1. The number of thioether (sulfide) groups is 1. The minimum Gasteiger partial charge on any atom is -0.480 e. The van der Waals surface area contributed by atoms with Gasteiger partial charge in [0.15, 0.2) is 5.17 Å². The Labute approximate surface area is 155 Å². The number of amides is 2. The van der Waals surface area contributed by atoms with Crippen molar-refractivity contribution in [1.82, 2.24) is 10.6 Å². The Bertz CT molecular complexity index is 721. The molecule has 0 aliphatic carbocycles. The van der Waals surface area contributed by atoms with Crippen LogP contribution < -0.4 is 10.6 Å². The van der Waals surface area contributed by atoms with Gasteiger partial charge in [-0.2, -0.15) is 5.10 Å². The van der Waals surface area contributed by atoms with Crippen LogP contribution in [-0.2, 0) is 14.4 Å². The maximum Gasteiger partial charge on any atom is 0.326 e. The fourth-order valence-electron chi connectivity index (χ4n) is 2.24. The van der Waals surface area contributed by atoms with Crippen molar-refractivity contribution in [2.75, 3.05) is 0 Å². The highest BCUT2D eigenvalue weighted by molar-refractivity contribution is 8.15. The topological polar surface area (TPSA) is 120 Å². The molecule has 1 aliphatic rings. The second-order valence-corrected chi connectivity index (χ2v) is 6.80. The number of rotatable bonds is 8. The number of carbonyl (C=O) groups is 3. The van der Waals surface area contributed by atoms with Gasteiger partial charge in [0.05, 0.1) is 6.21 Å². The highest BCUT2D eigenvalue weighted by Crippen LogP contribution is 2.22. The summed E-state index contributed by atoms with van der Waals surface area (Å²) in [5, 5.41) is 21.6. The van der Waals surface area contributed by atoms with Crippen molar-refractivity contribution in [3.8, 4) is 0 Å². The highest BCUT2D eigenvalue weighted by atomic mass is 32.2. The van der Waals surface area contributed by atoms with Gasteiger partial charge in [0.25, 0.3) is 0 Å². The summed E-state index contributed by atoms with van der Waals surface area (Å²) in [6.45, 7) is 1.83. The Balaban J connectivity index is 1.88. The lowest BCUT2D eigenvalue weighted by molar-refractivity contribution is -0.142. The van der Waals surface area contributed by atoms with Gasteiger partial charge in [0, 0.05) is 6.42 Å². The molecule has 1 aromatic carbocycles. The average molecular weight is 376 g/mol. The summed E-state index contributed by atoms with van der Waals surface area (Å²) >= 11 is 1.10. The van der Waals surface area contributed by atoms with Crippen molar-refractivity contribution in [2.24, 2.45) is 10.2 Å². The molecular weight excluding hydrogens is 356 g/mol. The van der Waals surface area contributed by atoms with Gasteiger partial charge in [-0.15, -0.1) is 5.10 Å². The van der Waals surface area contributed by atoms with Crippen LogP contribution in [0.25, 0.3) is 0 Å². The molecule has 1 fully saturated rings. The first kappa shape index (κ1) is 19.6. The van der Waals surface area contributed by atoms with Gasteiger partial charge < -0.3 is 15.7 Å². The molecule has 0 radical (unpaired) electrons. The second kappa shape index (κ2) is 9.71.